The zero-order valence-electron chi connectivity index (χ0n) is 15.6. The first-order valence-electron chi connectivity index (χ1n) is 8.65. The Labute approximate surface area is 157 Å². The fourth-order valence-corrected chi connectivity index (χ4v) is 3.41. The van der Waals surface area contributed by atoms with Gasteiger partial charge in [-0.2, -0.15) is 0 Å². The van der Waals surface area contributed by atoms with Gasteiger partial charge >= 0.3 is 11.9 Å². The van der Waals surface area contributed by atoms with Crippen LogP contribution in [-0.4, -0.2) is 46.7 Å². The topological polar surface area (TPSA) is 99.1 Å². The van der Waals surface area contributed by atoms with Crippen LogP contribution in [-0.2, 0) is 28.6 Å². The fourth-order valence-electron chi connectivity index (χ4n) is 3.41. The summed E-state index contributed by atoms with van der Waals surface area (Å²) in [5.74, 6) is -2.32. The van der Waals surface area contributed by atoms with Crippen molar-refractivity contribution in [2.45, 2.75) is 51.6 Å². The number of aliphatic hydroxyl groups is 1. The van der Waals surface area contributed by atoms with Crippen LogP contribution in [0.15, 0.2) is 47.3 Å². The van der Waals surface area contributed by atoms with Crippen molar-refractivity contribution in [1.29, 1.82) is 0 Å². The number of hydrogen-bond acceptors (Lipinski definition) is 7. The van der Waals surface area contributed by atoms with Gasteiger partial charge in [-0.15, -0.1) is 0 Å². The summed E-state index contributed by atoms with van der Waals surface area (Å²) in [5.41, 5.74) is -0.681. The molecule has 3 heterocycles. The van der Waals surface area contributed by atoms with E-state index in [9.17, 15) is 19.5 Å². The number of hydrogen-bond donors (Lipinski definition) is 1. The van der Waals surface area contributed by atoms with Crippen LogP contribution in [0.4, 0.5) is 0 Å². The van der Waals surface area contributed by atoms with Crippen LogP contribution in [0.1, 0.15) is 27.7 Å². The molecule has 0 aliphatic carbocycles. The summed E-state index contributed by atoms with van der Waals surface area (Å²) in [6.45, 7) is 10.1. The molecular formula is C20H22O7. The first-order chi connectivity index (χ1) is 12.6. The second-order valence-corrected chi connectivity index (χ2v) is 7.14. The van der Waals surface area contributed by atoms with Gasteiger partial charge in [0.05, 0.1) is 5.92 Å². The quantitative estimate of drug-likeness (QED) is 0.578. The molecular weight excluding hydrogens is 352 g/mol. The van der Waals surface area contributed by atoms with Crippen molar-refractivity contribution in [2.75, 3.05) is 0 Å². The Morgan fingerprint density at radius 1 is 1.41 bits per heavy atom. The summed E-state index contributed by atoms with van der Waals surface area (Å²) in [6.07, 6.45) is 0.871. The van der Waals surface area contributed by atoms with Crippen LogP contribution in [0, 0.1) is 5.92 Å². The first kappa shape index (κ1) is 19.1. The van der Waals surface area contributed by atoms with Crippen molar-refractivity contribution in [1.82, 2.24) is 0 Å². The van der Waals surface area contributed by atoms with Gasteiger partial charge in [0.25, 0.3) is 0 Å². The van der Waals surface area contributed by atoms with Crippen molar-refractivity contribution < 1.29 is 33.7 Å². The summed E-state index contributed by atoms with van der Waals surface area (Å²) in [5, 5.41) is 11.0. The highest BCUT2D eigenvalue weighted by atomic mass is 16.6. The lowest BCUT2D eigenvalue weighted by Crippen LogP contribution is -2.55. The van der Waals surface area contributed by atoms with Crippen molar-refractivity contribution >= 4 is 17.7 Å². The minimum absolute atomic E-state index is 0.0711. The summed E-state index contributed by atoms with van der Waals surface area (Å²) in [7, 11) is 0. The molecule has 0 unspecified atom stereocenters. The second-order valence-electron chi connectivity index (χ2n) is 7.14. The Morgan fingerprint density at radius 3 is 2.70 bits per heavy atom. The molecule has 0 aromatic carbocycles. The Bertz CT molecular complexity index is 831. The van der Waals surface area contributed by atoms with E-state index in [-0.39, 0.29) is 11.3 Å². The molecule has 1 saturated heterocycles. The van der Waals surface area contributed by atoms with Gasteiger partial charge in [-0.3, -0.25) is 4.79 Å². The molecule has 1 fully saturated rings. The number of carbonyl (C=O) groups is 3. The van der Waals surface area contributed by atoms with Crippen LogP contribution < -0.4 is 0 Å². The Balaban J connectivity index is 2.12. The SMILES string of the molecule is C=C1C(=O)O[C@H]2/C=C(/C)C3=CC(=O)[C@](C)(O3)[C@@H](O)[C@@H](OC(=O)/C(C)=C/C)[C@@H]12. The molecule has 7 nitrogen and oxygen atoms in total. The standard InChI is InChI=1S/C20H22O7/c1-6-9(2)18(23)26-16-15-11(4)19(24)25-13(15)7-10(3)12-8-14(21)20(5,27-12)17(16)22/h6-8,13,15-17,22H,4H2,1-3,5H3/b9-6+,10-7-/t13-,15-,16-,17-,20-/m0/s1. The zero-order chi connectivity index (χ0) is 20.1. The van der Waals surface area contributed by atoms with E-state index >= 15 is 0 Å². The number of ether oxygens (including phenoxy) is 3. The zero-order valence-corrected chi connectivity index (χ0v) is 15.6. The lowest BCUT2D eigenvalue weighted by molar-refractivity contribution is -0.175. The summed E-state index contributed by atoms with van der Waals surface area (Å²) in [6, 6.07) is 0. The van der Waals surface area contributed by atoms with Crippen LogP contribution >= 0.6 is 0 Å². The molecule has 0 spiro atoms. The molecule has 144 valence electrons. The molecule has 0 amide bonds. The van der Waals surface area contributed by atoms with Gasteiger partial charge in [-0.1, -0.05) is 12.7 Å². The predicted octanol–water partition coefficient (Wildman–Crippen LogP) is 1.52. The number of allylic oxidation sites excluding steroid dienone is 2. The predicted molar refractivity (Wildman–Crippen MR) is 94.2 cm³/mol. The molecule has 27 heavy (non-hydrogen) atoms. The fraction of sp³-hybridized carbons (Fsp3) is 0.450. The summed E-state index contributed by atoms with van der Waals surface area (Å²) in [4.78, 5) is 37.1. The van der Waals surface area contributed by atoms with E-state index in [1.165, 1.54) is 13.0 Å². The van der Waals surface area contributed by atoms with Gasteiger partial charge in [0.2, 0.25) is 5.78 Å². The Morgan fingerprint density at radius 2 is 2.07 bits per heavy atom. The van der Waals surface area contributed by atoms with E-state index in [0.717, 1.165) is 0 Å². The number of esters is 2. The molecule has 3 aliphatic heterocycles. The maximum atomic E-state index is 12.5. The number of aliphatic hydroxyl groups excluding tert-OH is 1. The van der Waals surface area contributed by atoms with Gasteiger partial charge in [-0.05, 0) is 39.3 Å². The van der Waals surface area contributed by atoms with Crippen LogP contribution in [0.25, 0.3) is 0 Å². The third kappa shape index (κ3) is 2.92. The minimum Gasteiger partial charge on any atom is -0.476 e. The van der Waals surface area contributed by atoms with Crippen molar-refractivity contribution in [3.05, 3.63) is 47.3 Å². The highest BCUT2D eigenvalue weighted by Gasteiger charge is 2.57. The number of fused-ring (bicyclic) bond motifs is 3. The molecule has 5 atom stereocenters. The molecule has 0 radical (unpaired) electrons. The Hall–Kier alpha value is -2.67. The van der Waals surface area contributed by atoms with Crippen molar-refractivity contribution in [2.24, 2.45) is 5.92 Å². The molecule has 0 aromatic rings. The third-order valence-electron chi connectivity index (χ3n) is 5.37. The van der Waals surface area contributed by atoms with E-state index in [0.29, 0.717) is 11.1 Å². The molecule has 7 heteroatoms. The van der Waals surface area contributed by atoms with E-state index in [2.05, 4.69) is 6.58 Å². The normalized spacial score (nSPS) is 37.8. The molecule has 3 aliphatic rings. The summed E-state index contributed by atoms with van der Waals surface area (Å²) >= 11 is 0. The molecule has 1 N–H and O–H groups in total. The minimum atomic E-state index is -1.65. The number of ketones is 1. The van der Waals surface area contributed by atoms with Crippen LogP contribution in [0.5, 0.6) is 0 Å². The lowest BCUT2D eigenvalue weighted by Gasteiger charge is -2.36. The highest BCUT2D eigenvalue weighted by Crippen LogP contribution is 2.42. The third-order valence-corrected chi connectivity index (χ3v) is 5.37. The van der Waals surface area contributed by atoms with Gasteiger partial charge in [-0.25, -0.2) is 9.59 Å². The molecule has 0 aromatic heterocycles. The maximum Gasteiger partial charge on any atom is 0.334 e. The van der Waals surface area contributed by atoms with Gasteiger partial charge in [0, 0.05) is 17.2 Å². The molecule has 3 rings (SSSR count). The average molecular weight is 374 g/mol. The number of carbonyl (C=O) groups excluding carboxylic acids is 3. The largest absolute Gasteiger partial charge is 0.476 e. The summed E-state index contributed by atoms with van der Waals surface area (Å²) < 4.78 is 16.6. The Kier molecular flexibility index (Phi) is 4.59. The molecule has 0 saturated carbocycles. The second kappa shape index (κ2) is 6.49. The number of rotatable bonds is 2. The maximum absolute atomic E-state index is 12.5. The van der Waals surface area contributed by atoms with E-state index < -0.39 is 47.6 Å². The average Bonchev–Trinajstić information content (AvgIpc) is 3.08. The smallest absolute Gasteiger partial charge is 0.334 e. The highest BCUT2D eigenvalue weighted by molar-refractivity contribution is 6.00. The van der Waals surface area contributed by atoms with Crippen LogP contribution in [0.3, 0.4) is 0 Å². The monoisotopic (exact) mass is 374 g/mol. The molecule has 2 bridgehead atoms. The van der Waals surface area contributed by atoms with E-state index in [1.807, 2.05) is 0 Å². The lowest BCUT2D eigenvalue weighted by atomic mass is 9.80. The first-order valence-corrected chi connectivity index (χ1v) is 8.65. The van der Waals surface area contributed by atoms with E-state index in [1.54, 1.807) is 32.9 Å². The van der Waals surface area contributed by atoms with Crippen molar-refractivity contribution in [3.63, 3.8) is 0 Å². The van der Waals surface area contributed by atoms with Crippen LogP contribution in [0.2, 0.25) is 0 Å². The van der Waals surface area contributed by atoms with Crippen molar-refractivity contribution in [3.8, 4) is 0 Å². The van der Waals surface area contributed by atoms with Gasteiger partial charge in [0.1, 0.15) is 24.1 Å². The van der Waals surface area contributed by atoms with Gasteiger partial charge in [0.15, 0.2) is 5.60 Å². The van der Waals surface area contributed by atoms with Gasteiger partial charge < -0.3 is 19.3 Å². The van der Waals surface area contributed by atoms with E-state index in [4.69, 9.17) is 14.2 Å².